The van der Waals surface area contributed by atoms with Gasteiger partial charge in [-0.1, -0.05) is 42.3 Å². The number of rotatable bonds is 6. The Labute approximate surface area is 135 Å². The van der Waals surface area contributed by atoms with Gasteiger partial charge in [0.2, 0.25) is 5.88 Å². The molecule has 0 aliphatic carbocycles. The first-order valence-electron chi connectivity index (χ1n) is 6.93. The highest BCUT2D eigenvalue weighted by atomic mass is 35.5. The first kappa shape index (κ1) is 16.1. The molecule has 1 aromatic heterocycles. The van der Waals surface area contributed by atoms with Crippen molar-refractivity contribution in [3.05, 3.63) is 52.1 Å². The molecule has 0 aliphatic rings. The highest BCUT2D eigenvalue weighted by Crippen LogP contribution is 2.35. The summed E-state index contributed by atoms with van der Waals surface area (Å²) in [5, 5.41) is 4.28. The molecule has 2 rings (SSSR count). The standard InChI is InChI=1S/C16H18Cl2N2O/c1-3-9-19-11(2)12-6-5-10-20-16(12)21-14-8-4-7-13(17)15(14)18/h4-8,10-11,19H,3,9H2,1-2H3. The Bertz CT molecular complexity index is 605. The van der Waals surface area contributed by atoms with Crippen molar-refractivity contribution in [2.24, 2.45) is 0 Å². The van der Waals surface area contributed by atoms with E-state index in [2.05, 4.69) is 24.1 Å². The van der Waals surface area contributed by atoms with Crippen LogP contribution < -0.4 is 10.1 Å². The molecule has 112 valence electrons. The second kappa shape index (κ2) is 7.64. The van der Waals surface area contributed by atoms with Gasteiger partial charge in [0.15, 0.2) is 0 Å². The largest absolute Gasteiger partial charge is 0.437 e. The zero-order valence-electron chi connectivity index (χ0n) is 12.1. The third-order valence-corrected chi connectivity index (χ3v) is 3.89. The van der Waals surface area contributed by atoms with Crippen LogP contribution in [-0.2, 0) is 0 Å². The van der Waals surface area contributed by atoms with Crippen LogP contribution in [0.5, 0.6) is 11.6 Å². The van der Waals surface area contributed by atoms with E-state index in [0.29, 0.717) is 21.7 Å². The van der Waals surface area contributed by atoms with E-state index in [-0.39, 0.29) is 6.04 Å². The van der Waals surface area contributed by atoms with Gasteiger partial charge >= 0.3 is 0 Å². The molecule has 0 aliphatic heterocycles. The first-order chi connectivity index (χ1) is 10.1. The monoisotopic (exact) mass is 324 g/mol. The number of hydrogen-bond donors (Lipinski definition) is 1. The van der Waals surface area contributed by atoms with Crippen LogP contribution >= 0.6 is 23.2 Å². The van der Waals surface area contributed by atoms with Gasteiger partial charge in [-0.3, -0.25) is 0 Å². The highest BCUT2D eigenvalue weighted by Gasteiger charge is 2.14. The predicted octanol–water partition coefficient (Wildman–Crippen LogP) is 5.24. The molecule has 0 amide bonds. The number of hydrogen-bond acceptors (Lipinski definition) is 3. The summed E-state index contributed by atoms with van der Waals surface area (Å²) >= 11 is 12.2. The predicted molar refractivity (Wildman–Crippen MR) is 87.5 cm³/mol. The van der Waals surface area contributed by atoms with Crippen LogP contribution in [0.4, 0.5) is 0 Å². The maximum Gasteiger partial charge on any atom is 0.224 e. The van der Waals surface area contributed by atoms with E-state index in [0.717, 1.165) is 18.5 Å². The number of pyridine rings is 1. The van der Waals surface area contributed by atoms with Crippen LogP contribution in [0, 0.1) is 0 Å². The summed E-state index contributed by atoms with van der Waals surface area (Å²) in [5.74, 6) is 1.05. The van der Waals surface area contributed by atoms with Gasteiger partial charge < -0.3 is 10.1 Å². The fourth-order valence-corrected chi connectivity index (χ4v) is 2.29. The summed E-state index contributed by atoms with van der Waals surface area (Å²) in [5.41, 5.74) is 0.988. The minimum atomic E-state index is 0.145. The van der Waals surface area contributed by atoms with E-state index in [1.807, 2.05) is 12.1 Å². The second-order valence-corrected chi connectivity index (χ2v) is 5.51. The molecule has 0 saturated heterocycles. The van der Waals surface area contributed by atoms with E-state index in [1.165, 1.54) is 0 Å². The second-order valence-electron chi connectivity index (χ2n) is 4.73. The minimum absolute atomic E-state index is 0.145. The molecule has 1 atom stereocenters. The number of ether oxygens (including phenoxy) is 1. The van der Waals surface area contributed by atoms with Crippen molar-refractivity contribution in [3.8, 4) is 11.6 Å². The van der Waals surface area contributed by atoms with Gasteiger partial charge in [0, 0.05) is 17.8 Å². The molecule has 1 aromatic carbocycles. The van der Waals surface area contributed by atoms with Crippen LogP contribution in [0.3, 0.4) is 0 Å². The molecule has 2 aromatic rings. The summed E-state index contributed by atoms with van der Waals surface area (Å²) in [6, 6.07) is 9.33. The van der Waals surface area contributed by atoms with E-state index in [1.54, 1.807) is 24.4 Å². The average molecular weight is 325 g/mol. The first-order valence-corrected chi connectivity index (χ1v) is 7.69. The molecular weight excluding hydrogens is 307 g/mol. The average Bonchev–Trinajstić information content (AvgIpc) is 2.50. The maximum atomic E-state index is 6.16. The molecule has 3 nitrogen and oxygen atoms in total. The summed E-state index contributed by atoms with van der Waals surface area (Å²) in [7, 11) is 0. The van der Waals surface area contributed by atoms with E-state index in [9.17, 15) is 0 Å². The van der Waals surface area contributed by atoms with Gasteiger partial charge in [0.05, 0.1) is 5.02 Å². The fraction of sp³-hybridized carbons (Fsp3) is 0.312. The Kier molecular flexibility index (Phi) is 5.85. The molecule has 0 bridgehead atoms. The molecule has 0 fully saturated rings. The molecule has 0 spiro atoms. The molecule has 0 saturated carbocycles. The Morgan fingerprint density at radius 1 is 1.24 bits per heavy atom. The number of halogens is 2. The molecule has 1 N–H and O–H groups in total. The van der Waals surface area contributed by atoms with Crippen molar-refractivity contribution in [1.29, 1.82) is 0 Å². The van der Waals surface area contributed by atoms with Gasteiger partial charge in [-0.2, -0.15) is 0 Å². The molecule has 1 heterocycles. The lowest BCUT2D eigenvalue weighted by molar-refractivity contribution is 0.442. The topological polar surface area (TPSA) is 34.2 Å². The SMILES string of the molecule is CCCNC(C)c1cccnc1Oc1cccc(Cl)c1Cl. The summed E-state index contributed by atoms with van der Waals surface area (Å²) in [4.78, 5) is 4.31. The van der Waals surface area contributed by atoms with Gasteiger partial charge in [-0.25, -0.2) is 4.98 Å². The van der Waals surface area contributed by atoms with Crippen molar-refractivity contribution in [2.45, 2.75) is 26.3 Å². The molecule has 0 radical (unpaired) electrons. The van der Waals surface area contributed by atoms with E-state index >= 15 is 0 Å². The van der Waals surface area contributed by atoms with Gasteiger partial charge in [-0.15, -0.1) is 0 Å². The van der Waals surface area contributed by atoms with E-state index in [4.69, 9.17) is 27.9 Å². The highest BCUT2D eigenvalue weighted by molar-refractivity contribution is 6.42. The quantitative estimate of drug-likeness (QED) is 0.788. The van der Waals surface area contributed by atoms with Crippen LogP contribution in [0.2, 0.25) is 10.0 Å². The minimum Gasteiger partial charge on any atom is -0.437 e. The molecule has 21 heavy (non-hydrogen) atoms. The van der Waals surface area contributed by atoms with Crippen molar-refractivity contribution in [2.75, 3.05) is 6.54 Å². The van der Waals surface area contributed by atoms with Crippen LogP contribution in [0.25, 0.3) is 0 Å². The lowest BCUT2D eigenvalue weighted by Gasteiger charge is -2.17. The third kappa shape index (κ3) is 4.10. The van der Waals surface area contributed by atoms with Crippen molar-refractivity contribution >= 4 is 23.2 Å². The summed E-state index contributed by atoms with van der Waals surface area (Å²) in [6.45, 7) is 5.15. The lowest BCUT2D eigenvalue weighted by atomic mass is 10.1. The number of benzene rings is 1. The van der Waals surface area contributed by atoms with Gasteiger partial charge in [0.25, 0.3) is 0 Å². The Hall–Kier alpha value is -1.29. The smallest absolute Gasteiger partial charge is 0.224 e. The zero-order valence-corrected chi connectivity index (χ0v) is 13.6. The van der Waals surface area contributed by atoms with Crippen LogP contribution in [-0.4, -0.2) is 11.5 Å². The van der Waals surface area contributed by atoms with Crippen LogP contribution in [0.1, 0.15) is 31.9 Å². The molecular formula is C16H18Cl2N2O. The van der Waals surface area contributed by atoms with E-state index < -0.39 is 0 Å². The number of nitrogens with zero attached hydrogens (tertiary/aromatic N) is 1. The normalized spacial score (nSPS) is 12.2. The Morgan fingerprint density at radius 2 is 2.05 bits per heavy atom. The maximum absolute atomic E-state index is 6.16. The third-order valence-electron chi connectivity index (χ3n) is 3.09. The van der Waals surface area contributed by atoms with Crippen LogP contribution in [0.15, 0.2) is 36.5 Å². The lowest BCUT2D eigenvalue weighted by Crippen LogP contribution is -2.20. The van der Waals surface area contributed by atoms with Crippen molar-refractivity contribution in [3.63, 3.8) is 0 Å². The number of aromatic nitrogens is 1. The fourth-order valence-electron chi connectivity index (χ4n) is 1.96. The van der Waals surface area contributed by atoms with Gasteiger partial charge in [-0.05, 0) is 38.1 Å². The summed E-state index contributed by atoms with van der Waals surface area (Å²) < 4.78 is 5.85. The Balaban J connectivity index is 2.26. The van der Waals surface area contributed by atoms with Crippen molar-refractivity contribution < 1.29 is 4.74 Å². The molecule has 1 unspecified atom stereocenters. The number of nitrogens with one attached hydrogen (secondary N) is 1. The zero-order chi connectivity index (χ0) is 15.2. The summed E-state index contributed by atoms with van der Waals surface area (Å²) in [6.07, 6.45) is 2.77. The molecule has 5 heteroatoms. The van der Waals surface area contributed by atoms with Gasteiger partial charge in [0.1, 0.15) is 10.8 Å². The Morgan fingerprint density at radius 3 is 2.81 bits per heavy atom. The van der Waals surface area contributed by atoms with Crippen molar-refractivity contribution in [1.82, 2.24) is 10.3 Å².